The van der Waals surface area contributed by atoms with Crippen LogP contribution in [0, 0.1) is 0 Å². The van der Waals surface area contributed by atoms with Crippen LogP contribution in [0.25, 0.3) is 17.0 Å². The van der Waals surface area contributed by atoms with Gasteiger partial charge in [0.15, 0.2) is 0 Å². The molecule has 26 heavy (non-hydrogen) atoms. The Morgan fingerprint density at radius 3 is 2.73 bits per heavy atom. The molecule has 2 aliphatic heterocycles. The van der Waals surface area contributed by atoms with E-state index in [4.69, 9.17) is 4.98 Å². The predicted octanol–water partition coefficient (Wildman–Crippen LogP) is 2.49. The number of rotatable bonds is 3. The van der Waals surface area contributed by atoms with Crippen LogP contribution in [0.4, 0.5) is 5.95 Å². The van der Waals surface area contributed by atoms with E-state index in [2.05, 4.69) is 37.1 Å². The third-order valence-electron chi connectivity index (χ3n) is 5.24. The van der Waals surface area contributed by atoms with Gasteiger partial charge in [-0.1, -0.05) is 6.08 Å². The molecule has 0 aromatic carbocycles. The summed E-state index contributed by atoms with van der Waals surface area (Å²) in [5.41, 5.74) is 4.16. The molecule has 2 bridgehead atoms. The lowest BCUT2D eigenvalue weighted by atomic mass is 9.99. The van der Waals surface area contributed by atoms with Crippen LogP contribution >= 0.6 is 0 Å². The lowest BCUT2D eigenvalue weighted by Crippen LogP contribution is -2.39. The van der Waals surface area contributed by atoms with Gasteiger partial charge in [0.2, 0.25) is 5.95 Å². The van der Waals surface area contributed by atoms with Crippen LogP contribution < -0.4 is 4.90 Å². The number of aromatic nitrogens is 6. The molecule has 2 unspecified atom stereocenters. The molecule has 3 aromatic rings. The molecule has 1 saturated heterocycles. The molecule has 0 radical (unpaired) electrons. The van der Waals surface area contributed by atoms with Crippen LogP contribution in [0.5, 0.6) is 0 Å². The van der Waals surface area contributed by atoms with Crippen molar-refractivity contribution in [2.45, 2.75) is 31.3 Å². The molecule has 0 amide bonds. The summed E-state index contributed by atoms with van der Waals surface area (Å²) in [5.74, 6) is 0.779. The molecule has 0 aliphatic carbocycles. The highest BCUT2D eigenvalue weighted by molar-refractivity contribution is 5.68. The molecule has 0 N–H and O–H groups in total. The molecule has 2 atom stereocenters. The summed E-state index contributed by atoms with van der Waals surface area (Å²) in [4.78, 5) is 20.2. The van der Waals surface area contributed by atoms with Crippen molar-refractivity contribution in [3.63, 3.8) is 0 Å². The molecule has 7 heteroatoms. The fourth-order valence-electron chi connectivity index (χ4n) is 4.07. The Balaban J connectivity index is 1.49. The Morgan fingerprint density at radius 2 is 1.96 bits per heavy atom. The van der Waals surface area contributed by atoms with E-state index in [1.165, 1.54) is 11.3 Å². The zero-order valence-corrected chi connectivity index (χ0v) is 14.5. The third kappa shape index (κ3) is 2.47. The first-order valence-electron chi connectivity index (χ1n) is 8.86. The number of hydrogen-bond donors (Lipinski definition) is 0. The molecule has 1 fully saturated rings. The van der Waals surface area contributed by atoms with Gasteiger partial charge >= 0.3 is 0 Å². The quantitative estimate of drug-likeness (QED) is 0.726. The number of fused-ring (bicyclic) bond motifs is 2. The van der Waals surface area contributed by atoms with Crippen molar-refractivity contribution >= 4 is 11.5 Å². The molecule has 0 spiro atoms. The lowest BCUT2D eigenvalue weighted by molar-refractivity contribution is 0.634. The average molecular weight is 345 g/mol. The molecule has 2 aliphatic rings. The van der Waals surface area contributed by atoms with Gasteiger partial charge in [-0.2, -0.15) is 5.10 Å². The molecule has 3 aromatic heterocycles. The van der Waals surface area contributed by atoms with Gasteiger partial charge < -0.3 is 4.90 Å². The molecule has 5 rings (SSSR count). The second-order valence-corrected chi connectivity index (χ2v) is 6.77. The van der Waals surface area contributed by atoms with Crippen molar-refractivity contribution in [1.29, 1.82) is 0 Å². The van der Waals surface area contributed by atoms with Crippen LogP contribution in [-0.2, 0) is 7.05 Å². The van der Waals surface area contributed by atoms with E-state index < -0.39 is 0 Å². The number of nitrogens with zero attached hydrogens (tertiary/aromatic N) is 7. The van der Waals surface area contributed by atoms with Crippen molar-refractivity contribution in [1.82, 2.24) is 29.7 Å². The summed E-state index contributed by atoms with van der Waals surface area (Å²) in [6.07, 6.45) is 14.4. The van der Waals surface area contributed by atoms with E-state index in [0.717, 1.165) is 36.6 Å². The Kier molecular flexibility index (Phi) is 3.51. The van der Waals surface area contributed by atoms with Crippen molar-refractivity contribution in [3.05, 3.63) is 54.9 Å². The maximum absolute atomic E-state index is 4.78. The summed E-state index contributed by atoms with van der Waals surface area (Å²) in [7, 11) is 2.00. The van der Waals surface area contributed by atoms with E-state index in [1.807, 2.05) is 30.2 Å². The van der Waals surface area contributed by atoms with E-state index >= 15 is 0 Å². The van der Waals surface area contributed by atoms with E-state index in [9.17, 15) is 0 Å². The van der Waals surface area contributed by atoms with Crippen LogP contribution in [0.1, 0.15) is 25.0 Å². The fraction of sp³-hybridized carbons (Fsp3) is 0.316. The summed E-state index contributed by atoms with van der Waals surface area (Å²) in [5, 5.41) is 4.31. The van der Waals surface area contributed by atoms with E-state index in [0.29, 0.717) is 12.1 Å². The number of hydrogen-bond acceptors (Lipinski definition) is 6. The van der Waals surface area contributed by atoms with Gasteiger partial charge in [0.05, 0.1) is 23.6 Å². The van der Waals surface area contributed by atoms with Gasteiger partial charge in [-0.15, -0.1) is 0 Å². The lowest BCUT2D eigenvalue weighted by Gasteiger charge is -2.34. The summed E-state index contributed by atoms with van der Waals surface area (Å²) >= 11 is 0. The van der Waals surface area contributed by atoms with Crippen molar-refractivity contribution < 1.29 is 0 Å². The van der Waals surface area contributed by atoms with E-state index in [-0.39, 0.29) is 0 Å². The zero-order chi connectivity index (χ0) is 17.5. The van der Waals surface area contributed by atoms with Gasteiger partial charge in [0, 0.05) is 37.9 Å². The van der Waals surface area contributed by atoms with E-state index in [1.54, 1.807) is 18.6 Å². The molecular weight excluding hydrogens is 326 g/mol. The second kappa shape index (κ2) is 6.01. The first-order valence-corrected chi connectivity index (χ1v) is 8.86. The van der Waals surface area contributed by atoms with Gasteiger partial charge in [0.25, 0.3) is 0 Å². The summed E-state index contributed by atoms with van der Waals surface area (Å²) < 4.78 is 1.95. The highest BCUT2D eigenvalue weighted by Gasteiger charge is 2.38. The first-order chi connectivity index (χ1) is 12.8. The molecule has 0 saturated carbocycles. The Morgan fingerprint density at radius 1 is 1.00 bits per heavy atom. The predicted molar refractivity (Wildman–Crippen MR) is 98.1 cm³/mol. The highest BCUT2D eigenvalue weighted by atomic mass is 15.3. The largest absolute Gasteiger partial charge is 0.331 e. The normalized spacial score (nSPS) is 21.7. The summed E-state index contributed by atoms with van der Waals surface area (Å²) in [6.45, 7) is 0. The van der Waals surface area contributed by atoms with Gasteiger partial charge in [-0.25, -0.2) is 9.97 Å². The first kappa shape index (κ1) is 15.2. The van der Waals surface area contributed by atoms with Gasteiger partial charge in [0.1, 0.15) is 5.69 Å². The highest BCUT2D eigenvalue weighted by Crippen LogP contribution is 2.40. The minimum Gasteiger partial charge on any atom is -0.331 e. The molecular formula is C19H19N7. The molecule has 130 valence electrons. The standard InChI is InChI=1S/C19H19N7/c1-25-18(5-7-23-25)13-10-14-2-3-15(11-13)26(14)19-22-6-4-16(24-19)17-12-20-8-9-21-17/h4-10,12,14-15H,2-3,11H2,1H3. The maximum Gasteiger partial charge on any atom is 0.226 e. The van der Waals surface area contributed by atoms with Crippen LogP contribution in [0.3, 0.4) is 0 Å². The van der Waals surface area contributed by atoms with Crippen LogP contribution in [0.15, 0.2) is 49.2 Å². The van der Waals surface area contributed by atoms with Crippen molar-refractivity contribution in [2.24, 2.45) is 7.05 Å². The second-order valence-electron chi connectivity index (χ2n) is 6.77. The molecule has 7 nitrogen and oxygen atoms in total. The minimum atomic E-state index is 0.329. The zero-order valence-electron chi connectivity index (χ0n) is 14.5. The Bertz CT molecular complexity index is 963. The smallest absolute Gasteiger partial charge is 0.226 e. The minimum absolute atomic E-state index is 0.329. The fourth-order valence-corrected chi connectivity index (χ4v) is 4.07. The monoisotopic (exact) mass is 345 g/mol. The Labute approximate surface area is 151 Å². The van der Waals surface area contributed by atoms with Crippen LogP contribution in [-0.4, -0.2) is 41.8 Å². The average Bonchev–Trinajstić information content (AvgIpc) is 3.23. The van der Waals surface area contributed by atoms with Crippen molar-refractivity contribution in [3.8, 4) is 11.4 Å². The summed E-state index contributed by atoms with van der Waals surface area (Å²) in [6, 6.07) is 4.73. The van der Waals surface area contributed by atoms with Crippen LogP contribution in [0.2, 0.25) is 0 Å². The SMILES string of the molecule is Cn1nccc1C1=CC2CCC(C1)N2c1nccc(-c2cnccn2)n1. The van der Waals surface area contributed by atoms with Crippen molar-refractivity contribution in [2.75, 3.05) is 4.90 Å². The Hall–Kier alpha value is -3.09. The third-order valence-corrected chi connectivity index (χ3v) is 5.24. The number of aryl methyl sites for hydroxylation is 1. The van der Waals surface area contributed by atoms with Gasteiger partial charge in [-0.05, 0) is 37.0 Å². The van der Waals surface area contributed by atoms with Gasteiger partial charge in [-0.3, -0.25) is 14.6 Å². The maximum atomic E-state index is 4.78. The topological polar surface area (TPSA) is 72.6 Å². The number of anilines is 1. The molecule has 5 heterocycles.